The van der Waals surface area contributed by atoms with Gasteiger partial charge in [-0.15, -0.1) is 0 Å². The number of nitrogens with zero attached hydrogens (tertiary/aromatic N) is 1. The average Bonchev–Trinajstić information content (AvgIpc) is 2.18. The van der Waals surface area contributed by atoms with E-state index in [-0.39, 0.29) is 0 Å². The highest BCUT2D eigenvalue weighted by atomic mass is 14.8. The first-order chi connectivity index (χ1) is 7.49. The van der Waals surface area contributed by atoms with Crippen molar-refractivity contribution in [3.63, 3.8) is 0 Å². The molecule has 0 aliphatic heterocycles. The highest BCUT2D eigenvalue weighted by Crippen LogP contribution is 2.29. The topological polar surface area (TPSA) is 24.4 Å². The molecule has 0 rings (SSSR count). The molecule has 0 aliphatic carbocycles. The molecule has 0 amide bonds. The molecule has 16 heavy (non-hydrogen) atoms. The maximum atomic E-state index is 3.73. The SMILES string of the molecule is C=N/C=C\CCC(CCNC)CC(C)(C)C. The van der Waals surface area contributed by atoms with E-state index in [1.807, 2.05) is 7.05 Å². The molecular formula is C14H28N2. The maximum absolute atomic E-state index is 3.73. The Morgan fingerprint density at radius 3 is 2.50 bits per heavy atom. The first-order valence-corrected chi connectivity index (χ1v) is 6.25. The first-order valence-electron chi connectivity index (χ1n) is 6.25. The summed E-state index contributed by atoms with van der Waals surface area (Å²) >= 11 is 0. The van der Waals surface area contributed by atoms with Crippen LogP contribution in [-0.4, -0.2) is 20.3 Å². The standard InChI is InChI=1S/C14H28N2/c1-14(2,3)12-13(9-11-16-5)8-6-7-10-15-4/h7,10,13,16H,4,6,8-9,11-12H2,1-3,5H3/b10-7-. The highest BCUT2D eigenvalue weighted by molar-refractivity contribution is 5.25. The minimum absolute atomic E-state index is 0.429. The van der Waals surface area contributed by atoms with Crippen LogP contribution in [0, 0.1) is 11.3 Å². The first kappa shape index (κ1) is 15.4. The lowest BCUT2D eigenvalue weighted by atomic mass is 9.81. The minimum atomic E-state index is 0.429. The van der Waals surface area contributed by atoms with Crippen molar-refractivity contribution < 1.29 is 0 Å². The molecule has 0 aromatic heterocycles. The third-order valence-electron chi connectivity index (χ3n) is 2.66. The molecule has 0 spiro atoms. The van der Waals surface area contributed by atoms with Crippen LogP contribution in [0.3, 0.4) is 0 Å². The summed E-state index contributed by atoms with van der Waals surface area (Å²) < 4.78 is 0. The molecule has 0 saturated heterocycles. The van der Waals surface area contributed by atoms with Gasteiger partial charge in [0, 0.05) is 6.20 Å². The summed E-state index contributed by atoms with van der Waals surface area (Å²) in [5.41, 5.74) is 0.429. The zero-order valence-corrected chi connectivity index (χ0v) is 11.4. The summed E-state index contributed by atoms with van der Waals surface area (Å²) in [4.78, 5) is 3.73. The van der Waals surface area contributed by atoms with Gasteiger partial charge in [0.2, 0.25) is 0 Å². The predicted molar refractivity (Wildman–Crippen MR) is 74.0 cm³/mol. The summed E-state index contributed by atoms with van der Waals surface area (Å²) in [5.74, 6) is 0.807. The Morgan fingerprint density at radius 2 is 2.00 bits per heavy atom. The third kappa shape index (κ3) is 9.91. The fourth-order valence-electron chi connectivity index (χ4n) is 2.04. The van der Waals surface area contributed by atoms with Crippen LogP contribution in [-0.2, 0) is 0 Å². The van der Waals surface area contributed by atoms with Gasteiger partial charge in [-0.1, -0.05) is 26.8 Å². The van der Waals surface area contributed by atoms with E-state index in [9.17, 15) is 0 Å². The van der Waals surface area contributed by atoms with E-state index in [0.29, 0.717) is 5.41 Å². The van der Waals surface area contributed by atoms with Crippen LogP contribution in [0.1, 0.15) is 46.5 Å². The predicted octanol–water partition coefficient (Wildman–Crippen LogP) is 3.64. The molecule has 2 nitrogen and oxygen atoms in total. The lowest BCUT2D eigenvalue weighted by Crippen LogP contribution is -2.18. The molecule has 1 atom stereocenters. The largest absolute Gasteiger partial charge is 0.320 e. The van der Waals surface area contributed by atoms with Crippen molar-refractivity contribution in [2.24, 2.45) is 16.3 Å². The average molecular weight is 224 g/mol. The summed E-state index contributed by atoms with van der Waals surface area (Å²) in [6.45, 7) is 11.5. The van der Waals surface area contributed by atoms with Gasteiger partial charge in [-0.25, -0.2) is 0 Å². The lowest BCUT2D eigenvalue weighted by Gasteiger charge is -2.25. The Morgan fingerprint density at radius 1 is 1.31 bits per heavy atom. The lowest BCUT2D eigenvalue weighted by molar-refractivity contribution is 0.271. The molecule has 0 fully saturated rings. The Balaban J connectivity index is 3.99. The van der Waals surface area contributed by atoms with Gasteiger partial charge in [0.05, 0.1) is 0 Å². The van der Waals surface area contributed by atoms with Crippen LogP contribution in [0.2, 0.25) is 0 Å². The monoisotopic (exact) mass is 224 g/mol. The van der Waals surface area contributed by atoms with Gasteiger partial charge >= 0.3 is 0 Å². The normalized spacial score (nSPS) is 14.2. The number of aliphatic imine (C=N–C) groups is 1. The fourth-order valence-corrected chi connectivity index (χ4v) is 2.04. The van der Waals surface area contributed by atoms with Crippen LogP contribution in [0.5, 0.6) is 0 Å². The zero-order chi connectivity index (χ0) is 12.4. The van der Waals surface area contributed by atoms with Crippen molar-refractivity contribution in [2.75, 3.05) is 13.6 Å². The summed E-state index contributed by atoms with van der Waals surface area (Å²) in [6.07, 6.45) is 8.84. The van der Waals surface area contributed by atoms with Gasteiger partial charge in [0.25, 0.3) is 0 Å². The molecule has 1 unspecified atom stereocenters. The summed E-state index contributed by atoms with van der Waals surface area (Å²) in [7, 11) is 2.02. The minimum Gasteiger partial charge on any atom is -0.320 e. The second-order valence-corrected chi connectivity index (χ2v) is 5.67. The molecule has 0 aromatic carbocycles. The van der Waals surface area contributed by atoms with Crippen LogP contribution in [0.25, 0.3) is 0 Å². The molecule has 2 heteroatoms. The Bertz CT molecular complexity index is 201. The van der Waals surface area contributed by atoms with Crippen molar-refractivity contribution in [3.8, 4) is 0 Å². The Labute approximate surface area is 101 Å². The quantitative estimate of drug-likeness (QED) is 0.625. The molecule has 0 aliphatic rings. The smallest absolute Gasteiger partial charge is 0.0220 e. The highest BCUT2D eigenvalue weighted by Gasteiger charge is 2.17. The molecule has 94 valence electrons. The third-order valence-corrected chi connectivity index (χ3v) is 2.66. The van der Waals surface area contributed by atoms with Crippen LogP contribution >= 0.6 is 0 Å². The molecule has 0 heterocycles. The van der Waals surface area contributed by atoms with E-state index >= 15 is 0 Å². The maximum Gasteiger partial charge on any atom is 0.0220 e. The molecule has 1 N–H and O–H groups in total. The summed E-state index contributed by atoms with van der Waals surface area (Å²) in [5, 5.41) is 3.24. The van der Waals surface area contributed by atoms with Crippen LogP contribution in [0.15, 0.2) is 17.3 Å². The van der Waals surface area contributed by atoms with E-state index in [4.69, 9.17) is 0 Å². The number of hydrogen-bond acceptors (Lipinski definition) is 2. The van der Waals surface area contributed by atoms with Crippen molar-refractivity contribution in [3.05, 3.63) is 12.3 Å². The number of nitrogens with one attached hydrogen (secondary N) is 1. The number of allylic oxidation sites excluding steroid dienone is 1. The molecular weight excluding hydrogens is 196 g/mol. The van der Waals surface area contributed by atoms with Crippen LogP contribution < -0.4 is 5.32 Å². The molecule has 0 aromatic rings. The summed E-state index contributed by atoms with van der Waals surface area (Å²) in [6, 6.07) is 0. The van der Waals surface area contributed by atoms with Gasteiger partial charge < -0.3 is 5.32 Å². The van der Waals surface area contributed by atoms with Crippen molar-refractivity contribution in [1.29, 1.82) is 0 Å². The number of rotatable bonds is 8. The fraction of sp³-hybridized carbons (Fsp3) is 0.786. The van der Waals surface area contributed by atoms with Crippen molar-refractivity contribution in [1.82, 2.24) is 5.32 Å². The van der Waals surface area contributed by atoms with Gasteiger partial charge in [0.15, 0.2) is 0 Å². The van der Waals surface area contributed by atoms with Gasteiger partial charge in [-0.2, -0.15) is 0 Å². The van der Waals surface area contributed by atoms with Gasteiger partial charge in [0.1, 0.15) is 0 Å². The Hall–Kier alpha value is -0.630. The number of hydrogen-bond donors (Lipinski definition) is 1. The second-order valence-electron chi connectivity index (χ2n) is 5.67. The molecule has 0 saturated carbocycles. The van der Waals surface area contributed by atoms with Gasteiger partial charge in [-0.05, 0) is 57.3 Å². The zero-order valence-electron chi connectivity index (χ0n) is 11.4. The van der Waals surface area contributed by atoms with E-state index in [1.165, 1.54) is 19.3 Å². The second kappa shape index (κ2) is 8.51. The van der Waals surface area contributed by atoms with E-state index < -0.39 is 0 Å². The van der Waals surface area contributed by atoms with E-state index in [0.717, 1.165) is 18.9 Å². The van der Waals surface area contributed by atoms with E-state index in [1.54, 1.807) is 6.20 Å². The molecule has 0 bridgehead atoms. The van der Waals surface area contributed by atoms with Crippen molar-refractivity contribution in [2.45, 2.75) is 46.5 Å². The molecule has 0 radical (unpaired) electrons. The Kier molecular flexibility index (Phi) is 8.18. The van der Waals surface area contributed by atoms with Crippen molar-refractivity contribution >= 4 is 6.72 Å². The van der Waals surface area contributed by atoms with Gasteiger partial charge in [-0.3, -0.25) is 4.99 Å². The van der Waals surface area contributed by atoms with Crippen LogP contribution in [0.4, 0.5) is 0 Å². The van der Waals surface area contributed by atoms with E-state index in [2.05, 4.69) is 43.9 Å².